The second-order valence-corrected chi connectivity index (χ2v) is 11.8. The highest BCUT2D eigenvalue weighted by Gasteiger charge is 2.35. The molecule has 0 aliphatic carbocycles. The van der Waals surface area contributed by atoms with Gasteiger partial charge in [0, 0.05) is 34.5 Å². The SMILES string of the molecule is Cc1ccc(S(=O)(=O)C(Cc2c[nH]c3ccccc23)C(=O)Nc2nc(-c3ccc(C(=O)O)cc3)cs2)cc1. The molecule has 0 bridgehead atoms. The van der Waals surface area contributed by atoms with E-state index in [0.29, 0.717) is 11.3 Å². The number of hydrogen-bond donors (Lipinski definition) is 3. The predicted molar refractivity (Wildman–Crippen MR) is 147 cm³/mol. The van der Waals surface area contributed by atoms with Crippen LogP contribution < -0.4 is 5.32 Å². The largest absolute Gasteiger partial charge is 0.478 e. The third kappa shape index (κ3) is 5.09. The van der Waals surface area contributed by atoms with Crippen molar-refractivity contribution in [3.8, 4) is 11.3 Å². The maximum atomic E-state index is 13.7. The number of amides is 1. The van der Waals surface area contributed by atoms with Gasteiger partial charge in [0.25, 0.3) is 0 Å². The molecule has 2 heterocycles. The molecule has 3 aromatic carbocycles. The minimum absolute atomic E-state index is 0.0268. The fourth-order valence-corrected chi connectivity index (χ4v) is 6.48. The first kappa shape index (κ1) is 25.4. The van der Waals surface area contributed by atoms with E-state index in [-0.39, 0.29) is 22.0 Å². The smallest absolute Gasteiger partial charge is 0.335 e. The summed E-state index contributed by atoms with van der Waals surface area (Å²) < 4.78 is 27.4. The predicted octanol–water partition coefficient (Wildman–Crippen LogP) is 5.32. The normalized spacial score (nSPS) is 12.3. The lowest BCUT2D eigenvalue weighted by atomic mass is 10.1. The zero-order chi connectivity index (χ0) is 26.9. The number of carbonyl (C=O) groups excluding carboxylic acids is 1. The highest BCUT2D eigenvalue weighted by molar-refractivity contribution is 7.92. The van der Waals surface area contributed by atoms with Gasteiger partial charge in [0.05, 0.1) is 16.2 Å². The second kappa shape index (κ2) is 10.2. The number of carboxylic acids is 1. The van der Waals surface area contributed by atoms with Crippen molar-refractivity contribution in [2.45, 2.75) is 23.5 Å². The molecule has 0 fully saturated rings. The van der Waals surface area contributed by atoms with Gasteiger partial charge in [0.2, 0.25) is 5.91 Å². The van der Waals surface area contributed by atoms with E-state index < -0.39 is 27.0 Å². The van der Waals surface area contributed by atoms with Crippen molar-refractivity contribution >= 4 is 49.1 Å². The maximum Gasteiger partial charge on any atom is 0.335 e. The quantitative estimate of drug-likeness (QED) is 0.242. The standard InChI is InChI=1S/C28H23N3O5S2/c1-17-6-12-21(13-7-17)38(35,36)25(14-20-15-29-23-5-3-2-4-22(20)23)26(32)31-28-30-24(16-37-28)18-8-10-19(11-9-18)27(33)34/h2-13,15-16,25,29H,14H2,1H3,(H,33,34)(H,30,31,32). The number of aromatic amines is 1. The average molecular weight is 546 g/mol. The van der Waals surface area contributed by atoms with Crippen LogP contribution in [0.1, 0.15) is 21.5 Å². The van der Waals surface area contributed by atoms with Gasteiger partial charge in [-0.3, -0.25) is 4.79 Å². The van der Waals surface area contributed by atoms with Crippen molar-refractivity contribution in [2.75, 3.05) is 5.32 Å². The van der Waals surface area contributed by atoms with Gasteiger partial charge in [-0.05, 0) is 42.8 Å². The van der Waals surface area contributed by atoms with E-state index in [9.17, 15) is 18.0 Å². The summed E-state index contributed by atoms with van der Waals surface area (Å²) in [7, 11) is -4.04. The molecule has 0 aliphatic heterocycles. The van der Waals surface area contributed by atoms with Crippen LogP contribution >= 0.6 is 11.3 Å². The third-order valence-corrected chi connectivity index (χ3v) is 9.08. The van der Waals surface area contributed by atoms with Gasteiger partial charge in [0.15, 0.2) is 15.0 Å². The molecule has 192 valence electrons. The van der Waals surface area contributed by atoms with Crippen LogP contribution in [0.4, 0.5) is 5.13 Å². The van der Waals surface area contributed by atoms with Crippen molar-refractivity contribution in [1.82, 2.24) is 9.97 Å². The van der Waals surface area contributed by atoms with Crippen LogP contribution in [0.25, 0.3) is 22.2 Å². The summed E-state index contributed by atoms with van der Waals surface area (Å²) in [6, 6.07) is 20.2. The summed E-state index contributed by atoms with van der Waals surface area (Å²) in [5.41, 5.74) is 3.85. The molecule has 8 nitrogen and oxygen atoms in total. The van der Waals surface area contributed by atoms with E-state index in [0.717, 1.165) is 33.4 Å². The van der Waals surface area contributed by atoms with Gasteiger partial charge in [0.1, 0.15) is 5.25 Å². The number of sulfone groups is 1. The van der Waals surface area contributed by atoms with Gasteiger partial charge >= 0.3 is 5.97 Å². The summed E-state index contributed by atoms with van der Waals surface area (Å²) in [5.74, 6) is -1.71. The number of nitrogens with zero attached hydrogens (tertiary/aromatic N) is 1. The Bertz CT molecular complexity index is 1740. The van der Waals surface area contributed by atoms with Crippen LogP contribution in [-0.4, -0.2) is 40.6 Å². The first-order chi connectivity index (χ1) is 18.2. The number of nitrogens with one attached hydrogen (secondary N) is 2. The van der Waals surface area contributed by atoms with Gasteiger partial charge in [-0.15, -0.1) is 11.3 Å². The summed E-state index contributed by atoms with van der Waals surface area (Å²) in [6.07, 6.45) is 1.71. The van der Waals surface area contributed by atoms with Gasteiger partial charge in [-0.25, -0.2) is 18.2 Å². The van der Waals surface area contributed by atoms with Crippen molar-refractivity contribution in [3.05, 3.63) is 101 Å². The maximum absolute atomic E-state index is 13.7. The van der Waals surface area contributed by atoms with E-state index in [1.54, 1.807) is 35.8 Å². The Morgan fingerprint density at radius 2 is 1.74 bits per heavy atom. The first-order valence-corrected chi connectivity index (χ1v) is 14.1. The molecule has 5 aromatic rings. The number of fused-ring (bicyclic) bond motifs is 1. The van der Waals surface area contributed by atoms with Crippen LogP contribution in [-0.2, 0) is 21.1 Å². The Morgan fingerprint density at radius 1 is 1.03 bits per heavy atom. The molecule has 0 radical (unpaired) electrons. The average Bonchev–Trinajstić information content (AvgIpc) is 3.54. The Hall–Kier alpha value is -4.28. The number of para-hydroxylation sites is 1. The zero-order valence-corrected chi connectivity index (χ0v) is 21.8. The summed E-state index contributed by atoms with van der Waals surface area (Å²) >= 11 is 1.16. The monoisotopic (exact) mass is 545 g/mol. The number of benzene rings is 3. The molecule has 10 heteroatoms. The van der Waals surface area contributed by atoms with Crippen LogP contribution in [0.3, 0.4) is 0 Å². The van der Waals surface area contributed by atoms with E-state index in [1.165, 1.54) is 24.3 Å². The van der Waals surface area contributed by atoms with Crippen LogP contribution in [0.2, 0.25) is 0 Å². The molecule has 1 amide bonds. The molecular weight excluding hydrogens is 522 g/mol. The molecular formula is C28H23N3O5S2. The number of rotatable bonds is 8. The number of aromatic carboxylic acids is 1. The van der Waals surface area contributed by atoms with Crippen LogP contribution in [0.5, 0.6) is 0 Å². The number of aromatic nitrogens is 2. The second-order valence-electron chi connectivity index (χ2n) is 8.82. The molecule has 0 saturated heterocycles. The van der Waals surface area contributed by atoms with Gasteiger partial charge in [-0.2, -0.15) is 0 Å². The highest BCUT2D eigenvalue weighted by Crippen LogP contribution is 2.28. The number of aryl methyl sites for hydroxylation is 1. The highest BCUT2D eigenvalue weighted by atomic mass is 32.2. The van der Waals surface area contributed by atoms with Crippen molar-refractivity contribution < 1.29 is 23.1 Å². The molecule has 5 rings (SSSR count). The fraction of sp³-hybridized carbons (Fsp3) is 0.107. The van der Waals surface area contributed by atoms with E-state index in [4.69, 9.17) is 5.11 Å². The minimum Gasteiger partial charge on any atom is -0.478 e. The Labute approximate surface area is 222 Å². The molecule has 0 spiro atoms. The third-order valence-electron chi connectivity index (χ3n) is 6.26. The van der Waals surface area contributed by atoms with Gasteiger partial charge in [-0.1, -0.05) is 48.0 Å². The van der Waals surface area contributed by atoms with E-state index in [1.807, 2.05) is 31.2 Å². The number of anilines is 1. The van der Waals surface area contributed by atoms with E-state index >= 15 is 0 Å². The Morgan fingerprint density at radius 3 is 2.45 bits per heavy atom. The number of carbonyl (C=O) groups is 2. The summed E-state index contributed by atoms with van der Waals surface area (Å²) in [4.78, 5) is 32.3. The topological polar surface area (TPSA) is 129 Å². The zero-order valence-electron chi connectivity index (χ0n) is 20.2. The lowest BCUT2D eigenvalue weighted by Gasteiger charge is -2.17. The Kier molecular flexibility index (Phi) is 6.83. The van der Waals surface area contributed by atoms with Crippen molar-refractivity contribution in [1.29, 1.82) is 0 Å². The van der Waals surface area contributed by atoms with Crippen molar-refractivity contribution in [3.63, 3.8) is 0 Å². The Balaban J connectivity index is 1.45. The molecule has 38 heavy (non-hydrogen) atoms. The van der Waals surface area contributed by atoms with Crippen LogP contribution in [0.15, 0.2) is 89.3 Å². The number of H-pyrrole nitrogens is 1. The number of carboxylic acid groups (broad SMARTS) is 1. The molecule has 1 unspecified atom stereocenters. The molecule has 0 aliphatic rings. The lowest BCUT2D eigenvalue weighted by molar-refractivity contribution is -0.115. The number of thiazole rings is 1. The van der Waals surface area contributed by atoms with Crippen molar-refractivity contribution in [2.24, 2.45) is 0 Å². The lowest BCUT2D eigenvalue weighted by Crippen LogP contribution is -2.37. The fourth-order valence-electron chi connectivity index (χ4n) is 4.17. The van der Waals surface area contributed by atoms with E-state index in [2.05, 4.69) is 15.3 Å². The first-order valence-electron chi connectivity index (χ1n) is 11.7. The summed E-state index contributed by atoms with van der Waals surface area (Å²) in [5, 5.41) is 13.2. The van der Waals surface area contributed by atoms with Crippen LogP contribution in [0, 0.1) is 6.92 Å². The van der Waals surface area contributed by atoms with Gasteiger partial charge < -0.3 is 15.4 Å². The summed E-state index contributed by atoms with van der Waals surface area (Å²) in [6.45, 7) is 1.86. The molecule has 1 atom stereocenters. The molecule has 2 aromatic heterocycles. The minimum atomic E-state index is -4.04. The molecule has 0 saturated carbocycles. The number of hydrogen-bond acceptors (Lipinski definition) is 6. The molecule has 3 N–H and O–H groups in total.